The minimum Gasteiger partial charge on any atom is -0.383 e. The minimum atomic E-state index is 0.219. The van der Waals surface area contributed by atoms with Crippen molar-refractivity contribution < 1.29 is 0 Å². The molecule has 1 aromatic heterocycles. The van der Waals surface area contributed by atoms with Gasteiger partial charge in [0.15, 0.2) is 0 Å². The summed E-state index contributed by atoms with van der Waals surface area (Å²) in [5, 5.41) is 2.51. The fourth-order valence-electron chi connectivity index (χ4n) is 2.30. The highest BCUT2D eigenvalue weighted by atomic mass is 15.0. The van der Waals surface area contributed by atoms with E-state index in [0.29, 0.717) is 5.82 Å². The Hall–Kier alpha value is -2.62. The van der Waals surface area contributed by atoms with E-state index in [1.807, 2.05) is 0 Å². The number of nitrogens with zero attached hydrogens (tertiary/aromatic N) is 2. The quantitative estimate of drug-likeness (QED) is 0.762. The van der Waals surface area contributed by atoms with E-state index in [-0.39, 0.29) is 5.95 Å². The Morgan fingerprint density at radius 1 is 0.900 bits per heavy atom. The van der Waals surface area contributed by atoms with Crippen LogP contribution in [-0.2, 0) is 12.8 Å². The number of hydrogen-bond donors (Lipinski definition) is 2. The maximum atomic E-state index is 5.84. The van der Waals surface area contributed by atoms with E-state index in [1.54, 1.807) is 6.20 Å². The van der Waals surface area contributed by atoms with Crippen LogP contribution in [0, 0.1) is 0 Å². The second kappa shape index (κ2) is 5.17. The van der Waals surface area contributed by atoms with Crippen molar-refractivity contribution in [2.75, 3.05) is 11.5 Å². The molecule has 4 heteroatoms. The summed E-state index contributed by atoms with van der Waals surface area (Å²) >= 11 is 0. The van der Waals surface area contributed by atoms with E-state index in [4.69, 9.17) is 11.5 Å². The molecule has 0 aliphatic heterocycles. The number of nitrogens with two attached hydrogens (primary N) is 2. The molecule has 4 nitrogen and oxygen atoms in total. The van der Waals surface area contributed by atoms with Crippen molar-refractivity contribution in [2.24, 2.45) is 0 Å². The fourth-order valence-corrected chi connectivity index (χ4v) is 2.30. The second-order valence-corrected chi connectivity index (χ2v) is 4.82. The van der Waals surface area contributed by atoms with Crippen molar-refractivity contribution >= 4 is 22.5 Å². The van der Waals surface area contributed by atoms with Crippen LogP contribution < -0.4 is 11.5 Å². The molecule has 2 aromatic carbocycles. The van der Waals surface area contributed by atoms with Gasteiger partial charge in [0.25, 0.3) is 0 Å². The average Bonchev–Trinajstić information content (AvgIpc) is 2.46. The summed E-state index contributed by atoms with van der Waals surface area (Å²) < 4.78 is 0. The Morgan fingerprint density at radius 3 is 2.50 bits per heavy atom. The van der Waals surface area contributed by atoms with E-state index >= 15 is 0 Å². The van der Waals surface area contributed by atoms with E-state index < -0.39 is 0 Å². The molecule has 0 bridgehead atoms. The third-order valence-corrected chi connectivity index (χ3v) is 3.41. The van der Waals surface area contributed by atoms with E-state index in [2.05, 4.69) is 52.4 Å². The number of fused-ring (bicyclic) bond motifs is 1. The fraction of sp³-hybridized carbons (Fsp3) is 0.125. The van der Waals surface area contributed by atoms with Gasteiger partial charge in [-0.3, -0.25) is 0 Å². The first-order chi connectivity index (χ1) is 9.72. The third-order valence-electron chi connectivity index (χ3n) is 3.41. The lowest BCUT2D eigenvalue weighted by atomic mass is 10.0. The summed E-state index contributed by atoms with van der Waals surface area (Å²) in [6.45, 7) is 0. The second-order valence-electron chi connectivity index (χ2n) is 4.82. The highest BCUT2D eigenvalue weighted by Gasteiger charge is 2.03. The molecule has 0 fully saturated rings. The Balaban J connectivity index is 1.79. The lowest BCUT2D eigenvalue weighted by molar-refractivity contribution is 0.942. The molecule has 0 aliphatic rings. The molecule has 3 aromatic rings. The van der Waals surface area contributed by atoms with Gasteiger partial charge in [0.1, 0.15) is 5.82 Å². The van der Waals surface area contributed by atoms with Gasteiger partial charge in [-0.1, -0.05) is 42.5 Å². The lowest BCUT2D eigenvalue weighted by Crippen LogP contribution is -2.04. The summed E-state index contributed by atoms with van der Waals surface area (Å²) in [5.41, 5.74) is 13.6. The smallest absolute Gasteiger partial charge is 0.221 e. The predicted octanol–water partition coefficient (Wildman–Crippen LogP) is 2.58. The molecule has 100 valence electrons. The van der Waals surface area contributed by atoms with Gasteiger partial charge in [0.05, 0.1) is 0 Å². The van der Waals surface area contributed by atoms with Crippen molar-refractivity contribution in [3.63, 3.8) is 0 Å². The lowest BCUT2D eigenvalue weighted by Gasteiger charge is -2.06. The van der Waals surface area contributed by atoms with Gasteiger partial charge in [0, 0.05) is 11.8 Å². The van der Waals surface area contributed by atoms with Gasteiger partial charge in [-0.15, -0.1) is 0 Å². The van der Waals surface area contributed by atoms with Gasteiger partial charge in [-0.25, -0.2) is 4.98 Å². The zero-order valence-electron chi connectivity index (χ0n) is 11.1. The van der Waals surface area contributed by atoms with Crippen LogP contribution in [0.1, 0.15) is 11.1 Å². The molecule has 1 heterocycles. The molecule has 0 aliphatic carbocycles. The SMILES string of the molecule is Nc1ncc(CCc2ccc3ccccc3c2)c(N)n1. The largest absolute Gasteiger partial charge is 0.383 e. The number of benzene rings is 2. The van der Waals surface area contributed by atoms with Crippen LogP contribution in [-0.4, -0.2) is 9.97 Å². The Kier molecular flexibility index (Phi) is 3.21. The molecule has 3 rings (SSSR count). The van der Waals surface area contributed by atoms with Gasteiger partial charge in [0.2, 0.25) is 5.95 Å². The van der Waals surface area contributed by atoms with Crippen molar-refractivity contribution in [3.05, 3.63) is 59.8 Å². The summed E-state index contributed by atoms with van der Waals surface area (Å²) in [6, 6.07) is 14.9. The first kappa shape index (κ1) is 12.4. The molecule has 0 spiro atoms. The number of aryl methyl sites for hydroxylation is 2. The average molecular weight is 264 g/mol. The molecular formula is C16H16N4. The summed E-state index contributed by atoms with van der Waals surface area (Å²) in [6.07, 6.45) is 3.42. The Morgan fingerprint density at radius 2 is 1.70 bits per heavy atom. The van der Waals surface area contributed by atoms with Crippen LogP contribution in [0.4, 0.5) is 11.8 Å². The van der Waals surface area contributed by atoms with Crippen molar-refractivity contribution in [2.45, 2.75) is 12.8 Å². The number of nitrogen functional groups attached to an aromatic ring is 2. The molecular weight excluding hydrogens is 248 g/mol. The summed E-state index contributed by atoms with van der Waals surface area (Å²) in [5.74, 6) is 0.690. The van der Waals surface area contributed by atoms with Gasteiger partial charge in [-0.05, 0) is 29.2 Å². The van der Waals surface area contributed by atoms with E-state index in [1.165, 1.54) is 16.3 Å². The zero-order chi connectivity index (χ0) is 13.9. The van der Waals surface area contributed by atoms with Crippen molar-refractivity contribution in [1.29, 1.82) is 0 Å². The Labute approximate surface area is 117 Å². The molecule has 0 radical (unpaired) electrons. The predicted molar refractivity (Wildman–Crippen MR) is 82.2 cm³/mol. The number of anilines is 2. The maximum Gasteiger partial charge on any atom is 0.221 e. The molecule has 0 atom stereocenters. The van der Waals surface area contributed by atoms with Gasteiger partial charge in [-0.2, -0.15) is 4.98 Å². The molecule has 0 saturated carbocycles. The molecule has 0 unspecified atom stereocenters. The van der Waals surface area contributed by atoms with E-state index in [9.17, 15) is 0 Å². The van der Waals surface area contributed by atoms with Crippen LogP contribution >= 0.6 is 0 Å². The molecule has 20 heavy (non-hydrogen) atoms. The number of hydrogen-bond acceptors (Lipinski definition) is 4. The highest BCUT2D eigenvalue weighted by Crippen LogP contribution is 2.18. The van der Waals surface area contributed by atoms with Gasteiger partial charge < -0.3 is 11.5 Å². The first-order valence-electron chi connectivity index (χ1n) is 6.57. The summed E-state index contributed by atoms with van der Waals surface area (Å²) in [7, 11) is 0. The maximum absolute atomic E-state index is 5.84. The highest BCUT2D eigenvalue weighted by molar-refractivity contribution is 5.82. The van der Waals surface area contributed by atoms with Crippen LogP contribution in [0.25, 0.3) is 10.8 Å². The third kappa shape index (κ3) is 2.54. The molecule has 0 saturated heterocycles. The first-order valence-corrected chi connectivity index (χ1v) is 6.57. The number of rotatable bonds is 3. The van der Waals surface area contributed by atoms with Crippen molar-refractivity contribution in [3.8, 4) is 0 Å². The topological polar surface area (TPSA) is 77.8 Å². The monoisotopic (exact) mass is 264 g/mol. The van der Waals surface area contributed by atoms with Crippen LogP contribution in [0.3, 0.4) is 0 Å². The van der Waals surface area contributed by atoms with E-state index in [0.717, 1.165) is 18.4 Å². The minimum absolute atomic E-state index is 0.219. The number of aromatic nitrogens is 2. The van der Waals surface area contributed by atoms with Crippen LogP contribution in [0.15, 0.2) is 48.7 Å². The standard InChI is InChI=1S/C16H16N4/c17-15-14(10-19-16(18)20-15)8-6-11-5-7-12-3-1-2-4-13(12)9-11/h1-5,7,9-10H,6,8H2,(H4,17,18,19,20). The van der Waals surface area contributed by atoms with Crippen molar-refractivity contribution in [1.82, 2.24) is 9.97 Å². The molecule has 4 N–H and O–H groups in total. The molecule has 0 amide bonds. The van der Waals surface area contributed by atoms with Gasteiger partial charge >= 0.3 is 0 Å². The van der Waals surface area contributed by atoms with Crippen LogP contribution in [0.5, 0.6) is 0 Å². The normalized spacial score (nSPS) is 10.8. The zero-order valence-corrected chi connectivity index (χ0v) is 11.1. The van der Waals surface area contributed by atoms with Crippen LogP contribution in [0.2, 0.25) is 0 Å². The summed E-state index contributed by atoms with van der Waals surface area (Å²) in [4.78, 5) is 7.97. The Bertz CT molecular complexity index is 752.